The average molecular weight is 402 g/mol. The van der Waals surface area contributed by atoms with Gasteiger partial charge in [0.15, 0.2) is 6.21 Å². The Labute approximate surface area is 167 Å². The van der Waals surface area contributed by atoms with E-state index in [2.05, 4.69) is 0 Å². The fraction of sp³-hybridized carbons (Fsp3) is 0.263. The maximum absolute atomic E-state index is 13.0. The highest BCUT2D eigenvalue weighted by molar-refractivity contribution is 8.24. The van der Waals surface area contributed by atoms with E-state index in [1.807, 2.05) is 49.1 Å². The van der Waals surface area contributed by atoms with Crippen LogP contribution in [0.25, 0.3) is 0 Å². The summed E-state index contributed by atoms with van der Waals surface area (Å²) in [5.41, 5.74) is 1.50. The monoisotopic (exact) mass is 401 g/mol. The Morgan fingerprint density at radius 1 is 1.19 bits per heavy atom. The highest BCUT2D eigenvalue weighted by Crippen LogP contribution is 2.42. The molecule has 1 saturated heterocycles. The van der Waals surface area contributed by atoms with Gasteiger partial charge >= 0.3 is 0 Å². The predicted octanol–water partition coefficient (Wildman–Crippen LogP) is 4.16. The van der Waals surface area contributed by atoms with Crippen LogP contribution in [0.2, 0.25) is 0 Å². The number of rotatable bonds is 5. The molecule has 1 heterocycles. The smallest absolute Gasteiger partial charge is 0.270 e. The fourth-order valence-electron chi connectivity index (χ4n) is 3.12. The Balaban J connectivity index is 1.93. The molecule has 1 atom stereocenters. The van der Waals surface area contributed by atoms with Crippen molar-refractivity contribution >= 4 is 40.2 Å². The van der Waals surface area contributed by atoms with E-state index in [1.54, 1.807) is 12.1 Å². The zero-order valence-corrected chi connectivity index (χ0v) is 16.6. The molecule has 2 aromatic carbocycles. The number of thiocarbonyl (C=S) groups is 1. The van der Waals surface area contributed by atoms with Gasteiger partial charge in [0.1, 0.15) is 9.07 Å². The Morgan fingerprint density at radius 3 is 2.56 bits per heavy atom. The molecule has 1 aliphatic heterocycles. The van der Waals surface area contributed by atoms with Crippen molar-refractivity contribution in [3.8, 4) is 0 Å². The molecule has 0 unspecified atom stereocenters. The standard InChI is InChI=1S/C19H19N3O3S2/c1-19(2)17(20(18(26)27-19)12-14-7-4-3-5-8-14)21(23)13-15-9-6-10-16(11-15)22(24)25/h3-11,13,17H,12H2,1-2H3/b21-13-/t17-/m0/s1. The molecule has 0 amide bonds. The van der Waals surface area contributed by atoms with Crippen molar-refractivity contribution in [1.29, 1.82) is 0 Å². The maximum Gasteiger partial charge on any atom is 0.270 e. The van der Waals surface area contributed by atoms with Gasteiger partial charge in [-0.15, -0.1) is 0 Å². The molecule has 140 valence electrons. The molecule has 0 aromatic heterocycles. The maximum atomic E-state index is 13.0. The number of nitro groups is 1. The lowest BCUT2D eigenvalue weighted by Gasteiger charge is -2.29. The largest absolute Gasteiger partial charge is 0.622 e. The predicted molar refractivity (Wildman–Crippen MR) is 112 cm³/mol. The van der Waals surface area contributed by atoms with Gasteiger partial charge < -0.3 is 5.21 Å². The number of non-ortho nitro benzene ring substituents is 1. The first-order chi connectivity index (χ1) is 12.8. The minimum atomic E-state index is -0.519. The highest BCUT2D eigenvalue weighted by atomic mass is 32.2. The van der Waals surface area contributed by atoms with Gasteiger partial charge in [-0.1, -0.05) is 60.4 Å². The number of nitrogens with zero attached hydrogens (tertiary/aromatic N) is 3. The summed E-state index contributed by atoms with van der Waals surface area (Å²) in [5.74, 6) is 0. The lowest BCUT2D eigenvalue weighted by atomic mass is 10.1. The minimum Gasteiger partial charge on any atom is -0.622 e. The van der Waals surface area contributed by atoms with E-state index in [0.717, 1.165) is 10.3 Å². The molecule has 0 N–H and O–H groups in total. The third-order valence-electron chi connectivity index (χ3n) is 4.30. The number of nitro benzene ring substituents is 1. The van der Waals surface area contributed by atoms with Crippen LogP contribution in [-0.4, -0.2) is 36.0 Å². The zero-order valence-electron chi connectivity index (χ0n) is 14.9. The van der Waals surface area contributed by atoms with E-state index in [1.165, 1.54) is 30.1 Å². The lowest BCUT2D eigenvalue weighted by molar-refractivity contribution is -0.524. The topological polar surface area (TPSA) is 72.5 Å². The van der Waals surface area contributed by atoms with Crippen molar-refractivity contribution in [2.75, 3.05) is 0 Å². The van der Waals surface area contributed by atoms with E-state index >= 15 is 0 Å². The summed E-state index contributed by atoms with van der Waals surface area (Å²) >= 11 is 7.02. The molecule has 2 aromatic rings. The van der Waals surface area contributed by atoms with Crippen LogP contribution in [-0.2, 0) is 6.54 Å². The molecular formula is C19H19N3O3S2. The van der Waals surface area contributed by atoms with Gasteiger partial charge in [-0.25, -0.2) is 0 Å². The Morgan fingerprint density at radius 2 is 1.89 bits per heavy atom. The van der Waals surface area contributed by atoms with Gasteiger partial charge in [-0.2, -0.15) is 4.74 Å². The number of hydrogen-bond acceptors (Lipinski definition) is 5. The van der Waals surface area contributed by atoms with Crippen LogP contribution in [0.15, 0.2) is 54.6 Å². The van der Waals surface area contributed by atoms with Crippen molar-refractivity contribution in [2.45, 2.75) is 31.3 Å². The summed E-state index contributed by atoms with van der Waals surface area (Å²) in [6.45, 7) is 4.49. The normalized spacial score (nSPS) is 19.3. The molecule has 0 aliphatic carbocycles. The molecule has 3 rings (SSSR count). The van der Waals surface area contributed by atoms with Gasteiger partial charge in [0.05, 0.1) is 11.5 Å². The van der Waals surface area contributed by atoms with Crippen molar-refractivity contribution in [2.24, 2.45) is 0 Å². The highest BCUT2D eigenvalue weighted by Gasteiger charge is 2.50. The van der Waals surface area contributed by atoms with E-state index in [0.29, 0.717) is 16.4 Å². The van der Waals surface area contributed by atoms with Crippen molar-refractivity contribution in [3.05, 3.63) is 81.0 Å². The number of hydroxylamine groups is 1. The van der Waals surface area contributed by atoms with Crippen LogP contribution < -0.4 is 0 Å². The van der Waals surface area contributed by atoms with E-state index in [4.69, 9.17) is 12.2 Å². The van der Waals surface area contributed by atoms with E-state index in [-0.39, 0.29) is 5.69 Å². The van der Waals surface area contributed by atoms with E-state index in [9.17, 15) is 15.3 Å². The second-order valence-corrected chi connectivity index (χ2v) is 9.09. The van der Waals surface area contributed by atoms with Gasteiger partial charge in [0, 0.05) is 17.7 Å². The molecule has 0 spiro atoms. The van der Waals surface area contributed by atoms with Crippen LogP contribution in [0, 0.1) is 15.3 Å². The van der Waals surface area contributed by atoms with Crippen LogP contribution in [0.5, 0.6) is 0 Å². The van der Waals surface area contributed by atoms with Crippen molar-refractivity contribution < 1.29 is 9.66 Å². The molecule has 27 heavy (non-hydrogen) atoms. The fourth-order valence-corrected chi connectivity index (χ4v) is 5.00. The first-order valence-electron chi connectivity index (χ1n) is 8.36. The number of benzene rings is 2. The van der Waals surface area contributed by atoms with E-state index < -0.39 is 15.8 Å². The lowest BCUT2D eigenvalue weighted by Crippen LogP contribution is -2.47. The SMILES string of the molecule is CC1(C)SC(=S)N(Cc2ccccc2)[C@H]1/[N+]([O-])=C/c1cccc([N+](=O)[O-])c1. The van der Waals surface area contributed by atoms with Crippen LogP contribution in [0.3, 0.4) is 0 Å². The Hall–Kier alpha value is -2.45. The van der Waals surface area contributed by atoms with Gasteiger partial charge in [-0.3, -0.25) is 15.0 Å². The van der Waals surface area contributed by atoms with Gasteiger partial charge in [0.25, 0.3) is 11.9 Å². The number of hydrogen-bond donors (Lipinski definition) is 0. The summed E-state index contributed by atoms with van der Waals surface area (Å²) in [7, 11) is 0. The molecular weight excluding hydrogens is 382 g/mol. The Bertz CT molecular complexity index is 900. The van der Waals surface area contributed by atoms with Crippen LogP contribution in [0.1, 0.15) is 25.0 Å². The first kappa shape index (κ1) is 19.3. The van der Waals surface area contributed by atoms with Crippen molar-refractivity contribution in [1.82, 2.24) is 4.90 Å². The second-order valence-electron chi connectivity index (χ2n) is 6.80. The second kappa shape index (κ2) is 7.66. The van der Waals surface area contributed by atoms with Gasteiger partial charge in [0.2, 0.25) is 0 Å². The summed E-state index contributed by atoms with van der Waals surface area (Å²) < 4.78 is 1.10. The molecule has 0 bridgehead atoms. The summed E-state index contributed by atoms with van der Waals surface area (Å²) in [6, 6.07) is 15.9. The summed E-state index contributed by atoms with van der Waals surface area (Å²) in [6.07, 6.45) is 0.876. The average Bonchev–Trinajstić information content (AvgIpc) is 2.84. The molecule has 6 nitrogen and oxygen atoms in total. The van der Waals surface area contributed by atoms with Gasteiger partial charge in [-0.05, 0) is 25.5 Å². The van der Waals surface area contributed by atoms with Crippen LogP contribution >= 0.6 is 24.0 Å². The Kier molecular flexibility index (Phi) is 5.48. The summed E-state index contributed by atoms with van der Waals surface area (Å²) in [5, 5.41) is 24.0. The number of thioether (sulfide) groups is 1. The zero-order chi connectivity index (χ0) is 19.6. The quantitative estimate of drug-likeness (QED) is 0.187. The molecule has 8 heteroatoms. The minimum absolute atomic E-state index is 0.0473. The molecule has 1 aliphatic rings. The first-order valence-corrected chi connectivity index (χ1v) is 9.59. The third kappa shape index (κ3) is 4.28. The molecule has 0 saturated carbocycles. The molecule has 1 fully saturated rings. The summed E-state index contributed by atoms with van der Waals surface area (Å²) in [4.78, 5) is 12.4. The molecule has 0 radical (unpaired) electrons. The van der Waals surface area contributed by atoms with Crippen molar-refractivity contribution in [3.63, 3.8) is 0 Å². The third-order valence-corrected chi connectivity index (χ3v) is 5.93. The van der Waals surface area contributed by atoms with Crippen LogP contribution in [0.4, 0.5) is 5.69 Å².